The number of carbonyl (C=O) groups is 2. The van der Waals surface area contributed by atoms with Gasteiger partial charge in [-0.1, -0.05) is 20.8 Å². The SMILES string of the molecule is CC(C)(C)C1CCN(c2ccc(NC3CCC(=O)NC3=O)cc2F)CC1. The van der Waals surface area contributed by atoms with E-state index in [0.29, 0.717) is 35.5 Å². The number of hydrogen-bond acceptors (Lipinski definition) is 4. The van der Waals surface area contributed by atoms with Crippen LogP contribution < -0.4 is 15.5 Å². The van der Waals surface area contributed by atoms with Crippen LogP contribution in [0.25, 0.3) is 0 Å². The monoisotopic (exact) mass is 361 g/mol. The van der Waals surface area contributed by atoms with Crippen LogP contribution in [0.3, 0.4) is 0 Å². The van der Waals surface area contributed by atoms with Gasteiger partial charge in [-0.05, 0) is 48.8 Å². The molecule has 142 valence electrons. The Morgan fingerprint density at radius 2 is 1.85 bits per heavy atom. The van der Waals surface area contributed by atoms with Crippen molar-refractivity contribution in [3.8, 4) is 0 Å². The van der Waals surface area contributed by atoms with Crippen molar-refractivity contribution in [2.75, 3.05) is 23.3 Å². The molecule has 0 bridgehead atoms. The van der Waals surface area contributed by atoms with Gasteiger partial charge in [-0.3, -0.25) is 14.9 Å². The average Bonchev–Trinajstić information content (AvgIpc) is 2.57. The molecule has 2 aliphatic heterocycles. The predicted octanol–water partition coefficient (Wildman–Crippen LogP) is 3.31. The van der Waals surface area contributed by atoms with Gasteiger partial charge in [0.1, 0.15) is 11.9 Å². The molecular formula is C20H28FN3O2. The number of benzene rings is 1. The van der Waals surface area contributed by atoms with Crippen LogP contribution in [0, 0.1) is 17.2 Å². The number of carbonyl (C=O) groups excluding carboxylic acids is 2. The largest absolute Gasteiger partial charge is 0.374 e. The topological polar surface area (TPSA) is 61.4 Å². The third kappa shape index (κ3) is 4.17. The maximum atomic E-state index is 14.6. The standard InChI is InChI=1S/C20H28FN3O2/c1-20(2,3)13-8-10-24(11-9-13)17-6-4-14(12-15(17)21)22-16-5-7-18(25)23-19(16)26/h4,6,12-13,16,22H,5,7-11H2,1-3H3,(H,23,25,26). The van der Waals surface area contributed by atoms with E-state index >= 15 is 0 Å². The lowest BCUT2D eigenvalue weighted by atomic mass is 9.75. The van der Waals surface area contributed by atoms with Crippen molar-refractivity contribution in [1.82, 2.24) is 5.32 Å². The van der Waals surface area contributed by atoms with Crippen molar-refractivity contribution >= 4 is 23.2 Å². The van der Waals surface area contributed by atoms with Gasteiger partial charge < -0.3 is 10.2 Å². The highest BCUT2D eigenvalue weighted by molar-refractivity contribution is 6.01. The van der Waals surface area contributed by atoms with Gasteiger partial charge in [-0.15, -0.1) is 0 Å². The minimum atomic E-state index is -0.500. The Labute approximate surface area is 154 Å². The summed E-state index contributed by atoms with van der Waals surface area (Å²) in [5, 5.41) is 5.33. The van der Waals surface area contributed by atoms with Crippen LogP contribution in [0.2, 0.25) is 0 Å². The molecule has 6 heteroatoms. The van der Waals surface area contributed by atoms with Crippen LogP contribution in [0.15, 0.2) is 18.2 Å². The molecule has 0 aliphatic carbocycles. The summed E-state index contributed by atoms with van der Waals surface area (Å²) < 4.78 is 14.6. The van der Waals surface area contributed by atoms with Gasteiger partial charge in [-0.2, -0.15) is 0 Å². The van der Waals surface area contributed by atoms with Crippen LogP contribution >= 0.6 is 0 Å². The number of piperidine rings is 2. The zero-order valence-electron chi connectivity index (χ0n) is 15.8. The second-order valence-corrected chi connectivity index (χ2v) is 8.44. The fourth-order valence-electron chi connectivity index (χ4n) is 3.87. The summed E-state index contributed by atoms with van der Waals surface area (Å²) in [5.41, 5.74) is 1.47. The predicted molar refractivity (Wildman–Crippen MR) is 101 cm³/mol. The molecule has 2 aliphatic rings. The van der Waals surface area contributed by atoms with E-state index in [1.54, 1.807) is 12.1 Å². The summed E-state index contributed by atoms with van der Waals surface area (Å²) in [6, 6.07) is 4.52. The first-order valence-electron chi connectivity index (χ1n) is 9.39. The van der Waals surface area contributed by atoms with Gasteiger partial charge in [0.25, 0.3) is 0 Å². The molecule has 26 heavy (non-hydrogen) atoms. The maximum absolute atomic E-state index is 14.6. The quantitative estimate of drug-likeness (QED) is 0.811. The first kappa shape index (κ1) is 18.7. The minimum Gasteiger partial charge on any atom is -0.374 e. The number of amides is 2. The fourth-order valence-corrected chi connectivity index (χ4v) is 3.87. The molecule has 3 rings (SSSR count). The molecule has 0 radical (unpaired) electrons. The number of nitrogens with one attached hydrogen (secondary N) is 2. The van der Waals surface area contributed by atoms with Gasteiger partial charge >= 0.3 is 0 Å². The van der Waals surface area contributed by atoms with E-state index in [1.807, 2.05) is 0 Å². The highest BCUT2D eigenvalue weighted by atomic mass is 19.1. The van der Waals surface area contributed by atoms with Crippen molar-refractivity contribution < 1.29 is 14.0 Å². The van der Waals surface area contributed by atoms with Crippen molar-refractivity contribution in [3.63, 3.8) is 0 Å². The molecule has 2 saturated heterocycles. The van der Waals surface area contributed by atoms with Crippen LogP contribution in [-0.4, -0.2) is 30.9 Å². The van der Waals surface area contributed by atoms with E-state index in [-0.39, 0.29) is 17.6 Å². The third-order valence-corrected chi connectivity index (χ3v) is 5.59. The number of imide groups is 1. The van der Waals surface area contributed by atoms with Gasteiger partial charge in [0.05, 0.1) is 5.69 Å². The van der Waals surface area contributed by atoms with E-state index < -0.39 is 6.04 Å². The summed E-state index contributed by atoms with van der Waals surface area (Å²) in [7, 11) is 0. The maximum Gasteiger partial charge on any atom is 0.249 e. The zero-order chi connectivity index (χ0) is 18.9. The molecular weight excluding hydrogens is 333 g/mol. The fraction of sp³-hybridized carbons (Fsp3) is 0.600. The molecule has 2 amide bonds. The first-order valence-corrected chi connectivity index (χ1v) is 9.39. The summed E-state index contributed by atoms with van der Waals surface area (Å²) >= 11 is 0. The van der Waals surface area contributed by atoms with Crippen molar-refractivity contribution in [1.29, 1.82) is 0 Å². The van der Waals surface area contributed by atoms with E-state index in [4.69, 9.17) is 0 Å². The lowest BCUT2D eigenvalue weighted by molar-refractivity contribution is -0.133. The number of nitrogens with zero attached hydrogens (tertiary/aromatic N) is 1. The summed E-state index contributed by atoms with van der Waals surface area (Å²) in [6.45, 7) is 8.52. The second kappa shape index (κ2) is 7.25. The molecule has 0 spiro atoms. The lowest BCUT2D eigenvalue weighted by Gasteiger charge is -2.39. The van der Waals surface area contributed by atoms with Gasteiger partial charge in [0.2, 0.25) is 11.8 Å². The first-order chi connectivity index (χ1) is 12.2. The Morgan fingerprint density at radius 1 is 1.15 bits per heavy atom. The summed E-state index contributed by atoms with van der Waals surface area (Å²) in [6.07, 6.45) is 2.86. The second-order valence-electron chi connectivity index (χ2n) is 8.44. The Morgan fingerprint density at radius 3 is 2.42 bits per heavy atom. The van der Waals surface area contributed by atoms with Crippen LogP contribution in [0.4, 0.5) is 15.8 Å². The number of rotatable bonds is 3. The normalized spacial score (nSPS) is 22.3. The smallest absolute Gasteiger partial charge is 0.249 e. The van der Waals surface area contributed by atoms with Crippen LogP contribution in [-0.2, 0) is 9.59 Å². The van der Waals surface area contributed by atoms with E-state index in [1.165, 1.54) is 6.07 Å². The number of anilines is 2. The Kier molecular flexibility index (Phi) is 5.21. The van der Waals surface area contributed by atoms with Crippen LogP contribution in [0.1, 0.15) is 46.5 Å². The molecule has 0 saturated carbocycles. The minimum absolute atomic E-state index is 0.256. The number of halogens is 1. The molecule has 1 aromatic rings. The highest BCUT2D eigenvalue weighted by Crippen LogP contribution is 2.36. The molecule has 2 fully saturated rings. The highest BCUT2D eigenvalue weighted by Gasteiger charge is 2.30. The van der Waals surface area contributed by atoms with Gasteiger partial charge in [0.15, 0.2) is 0 Å². The van der Waals surface area contributed by atoms with E-state index in [9.17, 15) is 14.0 Å². The molecule has 2 N–H and O–H groups in total. The third-order valence-electron chi connectivity index (χ3n) is 5.59. The Balaban J connectivity index is 1.63. The molecule has 5 nitrogen and oxygen atoms in total. The summed E-state index contributed by atoms with van der Waals surface area (Å²) in [5.74, 6) is -0.227. The van der Waals surface area contributed by atoms with Gasteiger partial charge in [-0.25, -0.2) is 4.39 Å². The average molecular weight is 361 g/mol. The van der Waals surface area contributed by atoms with Gasteiger partial charge in [0, 0.05) is 25.2 Å². The molecule has 2 heterocycles. The molecule has 0 aromatic heterocycles. The van der Waals surface area contributed by atoms with Crippen molar-refractivity contribution in [2.24, 2.45) is 11.3 Å². The lowest BCUT2D eigenvalue weighted by Crippen LogP contribution is -2.47. The van der Waals surface area contributed by atoms with Crippen molar-refractivity contribution in [2.45, 2.75) is 52.5 Å². The van der Waals surface area contributed by atoms with E-state index in [0.717, 1.165) is 25.9 Å². The Hall–Kier alpha value is -2.11. The summed E-state index contributed by atoms with van der Waals surface area (Å²) in [4.78, 5) is 25.1. The van der Waals surface area contributed by atoms with Crippen molar-refractivity contribution in [3.05, 3.63) is 24.0 Å². The molecule has 1 aromatic carbocycles. The zero-order valence-corrected chi connectivity index (χ0v) is 15.8. The van der Waals surface area contributed by atoms with E-state index in [2.05, 4.69) is 36.3 Å². The molecule has 1 atom stereocenters. The Bertz CT molecular complexity index is 691. The molecule has 1 unspecified atom stereocenters. The van der Waals surface area contributed by atoms with Crippen LogP contribution in [0.5, 0.6) is 0 Å². The number of hydrogen-bond donors (Lipinski definition) is 2.